The van der Waals surface area contributed by atoms with Gasteiger partial charge in [0.25, 0.3) is 0 Å². The molecular formula is C23H17F3N4O2. The van der Waals surface area contributed by atoms with Gasteiger partial charge in [0.2, 0.25) is 5.91 Å². The molecule has 6 nitrogen and oxygen atoms in total. The summed E-state index contributed by atoms with van der Waals surface area (Å²) in [6.07, 6.45) is 1.42. The number of carbonyl (C=O) groups excluding carboxylic acids is 1. The van der Waals surface area contributed by atoms with E-state index in [1.54, 1.807) is 36.2 Å². The molecule has 0 unspecified atom stereocenters. The summed E-state index contributed by atoms with van der Waals surface area (Å²) >= 11 is 0. The molecule has 1 amide bonds. The van der Waals surface area contributed by atoms with Crippen LogP contribution in [0, 0.1) is 0 Å². The third-order valence-electron chi connectivity index (χ3n) is 4.94. The fourth-order valence-electron chi connectivity index (χ4n) is 3.45. The Morgan fingerprint density at radius 3 is 2.53 bits per heavy atom. The first-order valence-electron chi connectivity index (χ1n) is 9.42. The van der Waals surface area contributed by atoms with E-state index in [0.29, 0.717) is 17.1 Å². The average molecular weight is 438 g/mol. The molecule has 0 aliphatic carbocycles. The van der Waals surface area contributed by atoms with Crippen LogP contribution in [0.15, 0.2) is 73.4 Å². The zero-order valence-corrected chi connectivity index (χ0v) is 16.8. The normalized spacial score (nSPS) is 11.4. The van der Waals surface area contributed by atoms with Gasteiger partial charge in [0, 0.05) is 28.5 Å². The number of carbonyl (C=O) groups is 1. The van der Waals surface area contributed by atoms with Gasteiger partial charge in [-0.1, -0.05) is 18.2 Å². The second-order valence-corrected chi connectivity index (χ2v) is 6.90. The molecule has 0 atom stereocenters. The van der Waals surface area contributed by atoms with Gasteiger partial charge in [0.15, 0.2) is 0 Å². The molecule has 0 saturated heterocycles. The summed E-state index contributed by atoms with van der Waals surface area (Å²) < 4.78 is 47.4. The van der Waals surface area contributed by atoms with Crippen molar-refractivity contribution in [2.75, 3.05) is 7.11 Å². The number of primary amides is 1. The van der Waals surface area contributed by atoms with Gasteiger partial charge in [-0.25, -0.2) is 4.98 Å². The number of pyridine rings is 1. The van der Waals surface area contributed by atoms with Crippen LogP contribution in [0.1, 0.15) is 15.9 Å². The lowest BCUT2D eigenvalue weighted by atomic mass is 10.0. The summed E-state index contributed by atoms with van der Waals surface area (Å²) in [5.74, 6) is -0.337. The molecule has 2 aromatic carbocycles. The first kappa shape index (κ1) is 21.1. The van der Waals surface area contributed by atoms with Crippen LogP contribution < -0.4 is 10.5 Å². The van der Waals surface area contributed by atoms with Crippen LogP contribution in [0.25, 0.3) is 28.1 Å². The summed E-state index contributed by atoms with van der Waals surface area (Å²) in [6.45, 7) is 0. The first-order valence-corrected chi connectivity index (χ1v) is 9.42. The van der Waals surface area contributed by atoms with E-state index in [-0.39, 0.29) is 11.1 Å². The Morgan fingerprint density at radius 2 is 1.81 bits per heavy atom. The largest absolute Gasteiger partial charge is 0.496 e. The summed E-state index contributed by atoms with van der Waals surface area (Å²) in [7, 11) is 1.55. The molecular weight excluding hydrogens is 421 g/mol. The number of aromatic nitrogens is 3. The number of halogens is 3. The fraction of sp³-hybridized carbons (Fsp3) is 0.0870. The first-order chi connectivity index (χ1) is 15.3. The Kier molecular flexibility index (Phi) is 5.40. The Bertz CT molecular complexity index is 1300. The number of ether oxygens (including phenoxy) is 1. The third kappa shape index (κ3) is 3.92. The van der Waals surface area contributed by atoms with Crippen molar-refractivity contribution < 1.29 is 22.7 Å². The summed E-state index contributed by atoms with van der Waals surface area (Å²) in [5.41, 5.74) is 6.60. The van der Waals surface area contributed by atoms with Crippen molar-refractivity contribution in [1.29, 1.82) is 0 Å². The highest BCUT2D eigenvalue weighted by molar-refractivity contribution is 5.94. The van der Waals surface area contributed by atoms with Crippen LogP contribution in [0.5, 0.6) is 5.75 Å². The molecule has 0 spiro atoms. The van der Waals surface area contributed by atoms with Crippen molar-refractivity contribution in [3.63, 3.8) is 0 Å². The van der Waals surface area contributed by atoms with E-state index >= 15 is 0 Å². The van der Waals surface area contributed by atoms with E-state index in [1.807, 2.05) is 18.2 Å². The van der Waals surface area contributed by atoms with Gasteiger partial charge in [0.05, 0.1) is 42.8 Å². The molecule has 4 aromatic rings. The summed E-state index contributed by atoms with van der Waals surface area (Å²) in [6, 6.07) is 12.1. The average Bonchev–Trinajstić information content (AvgIpc) is 3.28. The van der Waals surface area contributed by atoms with Gasteiger partial charge in [-0.2, -0.15) is 13.2 Å². The Balaban J connectivity index is 1.93. The topological polar surface area (TPSA) is 83.0 Å². The lowest BCUT2D eigenvalue weighted by Gasteiger charge is -2.16. The van der Waals surface area contributed by atoms with E-state index in [4.69, 9.17) is 10.5 Å². The highest BCUT2D eigenvalue weighted by Crippen LogP contribution is 2.37. The number of benzene rings is 2. The molecule has 0 radical (unpaired) electrons. The lowest BCUT2D eigenvalue weighted by Crippen LogP contribution is -2.14. The van der Waals surface area contributed by atoms with Gasteiger partial charge in [-0.15, -0.1) is 0 Å². The van der Waals surface area contributed by atoms with Crippen LogP contribution in [0.4, 0.5) is 13.2 Å². The summed E-state index contributed by atoms with van der Waals surface area (Å²) in [4.78, 5) is 20.0. The second-order valence-electron chi connectivity index (χ2n) is 6.90. The van der Waals surface area contributed by atoms with E-state index in [2.05, 4.69) is 9.97 Å². The number of hydrogen-bond donors (Lipinski definition) is 1. The SMILES string of the molecule is COc1ccccc1-c1ccncc1-n1cncc1-c1cc(C(N)=O)cc(C(F)(F)F)c1. The van der Waals surface area contributed by atoms with Crippen LogP contribution in [-0.2, 0) is 6.18 Å². The van der Waals surface area contributed by atoms with Gasteiger partial charge in [-0.3, -0.25) is 14.3 Å². The molecule has 2 N–H and O–H groups in total. The number of alkyl halides is 3. The second kappa shape index (κ2) is 8.18. The maximum Gasteiger partial charge on any atom is 0.416 e. The summed E-state index contributed by atoms with van der Waals surface area (Å²) in [5, 5.41) is 0. The molecule has 0 fully saturated rings. The number of imidazole rings is 1. The van der Waals surface area contributed by atoms with Crippen LogP contribution in [-0.4, -0.2) is 27.6 Å². The van der Waals surface area contributed by atoms with Crippen molar-refractivity contribution >= 4 is 5.91 Å². The minimum absolute atomic E-state index is 0.140. The van der Waals surface area contributed by atoms with Crippen molar-refractivity contribution in [2.45, 2.75) is 6.18 Å². The molecule has 2 heterocycles. The van der Waals surface area contributed by atoms with E-state index < -0.39 is 17.6 Å². The third-order valence-corrected chi connectivity index (χ3v) is 4.94. The number of nitrogens with two attached hydrogens (primary N) is 1. The quantitative estimate of drug-likeness (QED) is 0.489. The number of para-hydroxylation sites is 1. The van der Waals surface area contributed by atoms with E-state index in [9.17, 15) is 18.0 Å². The number of nitrogens with zero attached hydrogens (tertiary/aromatic N) is 3. The zero-order chi connectivity index (χ0) is 22.9. The number of amides is 1. The highest BCUT2D eigenvalue weighted by atomic mass is 19.4. The highest BCUT2D eigenvalue weighted by Gasteiger charge is 2.32. The van der Waals surface area contributed by atoms with Gasteiger partial charge < -0.3 is 10.5 Å². The molecule has 9 heteroatoms. The molecule has 0 aliphatic heterocycles. The zero-order valence-electron chi connectivity index (χ0n) is 16.8. The minimum Gasteiger partial charge on any atom is -0.496 e. The molecule has 2 aromatic heterocycles. The smallest absolute Gasteiger partial charge is 0.416 e. The van der Waals surface area contributed by atoms with Crippen LogP contribution >= 0.6 is 0 Å². The fourth-order valence-corrected chi connectivity index (χ4v) is 3.45. The maximum atomic E-state index is 13.4. The molecule has 0 aliphatic rings. The molecule has 32 heavy (non-hydrogen) atoms. The van der Waals surface area contributed by atoms with Gasteiger partial charge in [0.1, 0.15) is 5.75 Å². The number of methoxy groups -OCH3 is 1. The predicted molar refractivity (Wildman–Crippen MR) is 112 cm³/mol. The molecule has 0 saturated carbocycles. The molecule has 0 bridgehead atoms. The maximum absolute atomic E-state index is 13.4. The van der Waals surface area contributed by atoms with Crippen molar-refractivity contribution in [3.8, 4) is 33.8 Å². The Hall–Kier alpha value is -4.14. The molecule has 162 valence electrons. The van der Waals surface area contributed by atoms with E-state index in [0.717, 1.165) is 23.3 Å². The van der Waals surface area contributed by atoms with Gasteiger partial charge in [-0.05, 0) is 30.3 Å². The van der Waals surface area contributed by atoms with Crippen molar-refractivity contribution in [1.82, 2.24) is 14.5 Å². The molecule has 4 rings (SSSR count). The Labute approximate surface area is 181 Å². The standard InChI is InChI=1S/C23H17F3N4O2/c1-32-21-5-3-2-4-18(21)17-6-7-28-12-20(17)30-13-29-11-19(30)14-8-15(22(27)31)10-16(9-14)23(24,25)26/h2-13H,1H3,(H2,27,31). The predicted octanol–water partition coefficient (Wildman–Crippen LogP) is 4.73. The minimum atomic E-state index is -4.65. The van der Waals surface area contributed by atoms with Crippen molar-refractivity contribution in [2.24, 2.45) is 5.73 Å². The van der Waals surface area contributed by atoms with Crippen LogP contribution in [0.2, 0.25) is 0 Å². The van der Waals surface area contributed by atoms with Gasteiger partial charge >= 0.3 is 6.18 Å². The number of hydrogen-bond acceptors (Lipinski definition) is 4. The van der Waals surface area contributed by atoms with E-state index in [1.165, 1.54) is 18.6 Å². The lowest BCUT2D eigenvalue weighted by molar-refractivity contribution is -0.137. The monoisotopic (exact) mass is 438 g/mol. The van der Waals surface area contributed by atoms with Crippen molar-refractivity contribution in [3.05, 3.63) is 84.6 Å². The number of rotatable bonds is 5. The van der Waals surface area contributed by atoms with Crippen LogP contribution in [0.3, 0.4) is 0 Å². The Morgan fingerprint density at radius 1 is 1.03 bits per heavy atom.